The van der Waals surface area contributed by atoms with Gasteiger partial charge in [0.25, 0.3) is 0 Å². The minimum atomic E-state index is -0.644. The van der Waals surface area contributed by atoms with Crippen molar-refractivity contribution in [1.82, 2.24) is 10.6 Å². The second-order valence-corrected chi connectivity index (χ2v) is 6.12. The largest absolute Gasteiger partial charge is 0.383 e. The van der Waals surface area contributed by atoms with Crippen LogP contribution < -0.4 is 10.6 Å². The van der Waals surface area contributed by atoms with Crippen LogP contribution in [0.2, 0.25) is 0 Å². The van der Waals surface area contributed by atoms with Gasteiger partial charge in [-0.2, -0.15) is 0 Å². The molecule has 100 valence electrons. The summed E-state index contributed by atoms with van der Waals surface area (Å²) in [4.78, 5) is 11.5. The Balaban J connectivity index is 2.13. The van der Waals surface area contributed by atoms with Crippen LogP contribution in [0.3, 0.4) is 0 Å². The molecule has 0 aromatic carbocycles. The van der Waals surface area contributed by atoms with Crippen LogP contribution in [0.4, 0.5) is 0 Å². The highest BCUT2D eigenvalue weighted by Gasteiger charge is 2.18. The number of carbonyl (C=O) groups excluding carboxylic acids is 1. The van der Waals surface area contributed by atoms with E-state index in [-0.39, 0.29) is 11.9 Å². The van der Waals surface area contributed by atoms with E-state index in [0.29, 0.717) is 19.2 Å². The van der Waals surface area contributed by atoms with E-state index in [9.17, 15) is 9.00 Å². The number of ether oxygens (including phenoxy) is 1. The average molecular weight is 262 g/mol. The van der Waals surface area contributed by atoms with Gasteiger partial charge in [-0.15, -0.1) is 0 Å². The van der Waals surface area contributed by atoms with E-state index >= 15 is 0 Å². The van der Waals surface area contributed by atoms with E-state index < -0.39 is 10.8 Å². The van der Waals surface area contributed by atoms with Gasteiger partial charge < -0.3 is 15.4 Å². The van der Waals surface area contributed by atoms with Crippen LogP contribution in [-0.2, 0) is 20.3 Å². The van der Waals surface area contributed by atoms with Gasteiger partial charge in [-0.25, -0.2) is 0 Å². The number of amides is 1. The third-order valence-electron chi connectivity index (χ3n) is 2.76. The zero-order valence-corrected chi connectivity index (χ0v) is 11.3. The molecule has 1 heterocycles. The average Bonchev–Trinajstić information content (AvgIpc) is 2.28. The highest BCUT2D eigenvalue weighted by atomic mass is 32.2. The Morgan fingerprint density at radius 2 is 2.12 bits per heavy atom. The molecule has 0 spiro atoms. The Bertz CT molecular complexity index is 263. The molecule has 0 aromatic heterocycles. The van der Waals surface area contributed by atoms with E-state index in [1.165, 1.54) is 0 Å². The molecule has 1 rings (SSSR count). The first-order valence-electron chi connectivity index (χ1n) is 5.98. The summed E-state index contributed by atoms with van der Waals surface area (Å²) in [7, 11) is 0.970. The lowest BCUT2D eigenvalue weighted by atomic mass is 10.1. The predicted octanol–water partition coefficient (Wildman–Crippen LogP) is -0.362. The van der Waals surface area contributed by atoms with E-state index in [2.05, 4.69) is 10.6 Å². The van der Waals surface area contributed by atoms with Gasteiger partial charge in [0.1, 0.15) is 0 Å². The molecule has 1 aliphatic heterocycles. The molecule has 2 N–H and O–H groups in total. The first kappa shape index (κ1) is 14.6. The molecule has 1 saturated heterocycles. The van der Waals surface area contributed by atoms with Crippen molar-refractivity contribution in [2.24, 2.45) is 0 Å². The first-order valence-corrected chi connectivity index (χ1v) is 7.47. The van der Waals surface area contributed by atoms with Crippen LogP contribution in [0.5, 0.6) is 0 Å². The minimum absolute atomic E-state index is 0.0127. The zero-order chi connectivity index (χ0) is 12.7. The van der Waals surface area contributed by atoms with Crippen molar-refractivity contribution < 1.29 is 13.7 Å². The van der Waals surface area contributed by atoms with Crippen molar-refractivity contribution in [2.75, 3.05) is 31.8 Å². The third-order valence-corrected chi connectivity index (χ3v) is 4.15. The maximum absolute atomic E-state index is 11.5. The highest BCUT2D eigenvalue weighted by Crippen LogP contribution is 2.08. The third kappa shape index (κ3) is 6.14. The Kier molecular flexibility index (Phi) is 6.69. The molecular formula is C11H22N2O3S. The van der Waals surface area contributed by atoms with Crippen LogP contribution in [-0.4, -0.2) is 54.0 Å². The topological polar surface area (TPSA) is 67.4 Å². The Morgan fingerprint density at radius 1 is 1.47 bits per heavy atom. The number of carbonyl (C=O) groups is 1. The van der Waals surface area contributed by atoms with Crippen LogP contribution in [0.1, 0.15) is 19.8 Å². The summed E-state index contributed by atoms with van der Waals surface area (Å²) < 4.78 is 16.1. The molecule has 1 fully saturated rings. The van der Waals surface area contributed by atoms with Crippen LogP contribution in [0, 0.1) is 0 Å². The summed E-state index contributed by atoms with van der Waals surface area (Å²) in [6.45, 7) is 2.75. The van der Waals surface area contributed by atoms with Crippen molar-refractivity contribution in [2.45, 2.75) is 31.8 Å². The fourth-order valence-electron chi connectivity index (χ4n) is 1.85. The van der Waals surface area contributed by atoms with Crippen LogP contribution in [0.25, 0.3) is 0 Å². The lowest BCUT2D eigenvalue weighted by molar-refractivity contribution is -0.121. The second-order valence-electron chi connectivity index (χ2n) is 4.43. The van der Waals surface area contributed by atoms with Gasteiger partial charge >= 0.3 is 0 Å². The molecule has 1 atom stereocenters. The molecule has 0 aromatic rings. The first-order chi connectivity index (χ1) is 8.11. The smallest absolute Gasteiger partial charge is 0.234 e. The maximum atomic E-state index is 11.5. The van der Waals surface area contributed by atoms with Crippen LogP contribution >= 0.6 is 0 Å². The van der Waals surface area contributed by atoms with Gasteiger partial charge in [0.2, 0.25) is 5.91 Å². The van der Waals surface area contributed by atoms with Crippen molar-refractivity contribution in [1.29, 1.82) is 0 Å². The Labute approximate surface area is 105 Å². The second kappa shape index (κ2) is 7.79. The van der Waals surface area contributed by atoms with Gasteiger partial charge in [0.15, 0.2) is 0 Å². The van der Waals surface area contributed by atoms with Crippen molar-refractivity contribution >= 4 is 16.7 Å². The van der Waals surface area contributed by atoms with Crippen LogP contribution in [0.15, 0.2) is 0 Å². The quantitative estimate of drug-likeness (QED) is 0.686. The molecule has 1 unspecified atom stereocenters. The summed E-state index contributed by atoms with van der Waals surface area (Å²) in [5.41, 5.74) is 0. The summed E-state index contributed by atoms with van der Waals surface area (Å²) in [6.07, 6.45) is 1.79. The number of hydrogen-bond donors (Lipinski definition) is 2. The van der Waals surface area contributed by atoms with Gasteiger partial charge in [-0.1, -0.05) is 0 Å². The number of methoxy groups -OCH3 is 1. The fraction of sp³-hybridized carbons (Fsp3) is 0.909. The highest BCUT2D eigenvalue weighted by molar-refractivity contribution is 7.85. The molecule has 0 bridgehead atoms. The Morgan fingerprint density at radius 3 is 2.71 bits per heavy atom. The van der Waals surface area contributed by atoms with Gasteiger partial charge in [0.05, 0.1) is 13.2 Å². The lowest BCUT2D eigenvalue weighted by Crippen LogP contribution is -2.45. The summed E-state index contributed by atoms with van der Waals surface area (Å²) >= 11 is 0. The normalized spacial score (nSPS) is 26.5. The molecule has 5 nitrogen and oxygen atoms in total. The van der Waals surface area contributed by atoms with E-state index in [1.807, 2.05) is 6.92 Å². The summed E-state index contributed by atoms with van der Waals surface area (Å²) in [6, 6.07) is 0.365. The predicted molar refractivity (Wildman–Crippen MR) is 68.4 cm³/mol. The monoisotopic (exact) mass is 262 g/mol. The summed E-state index contributed by atoms with van der Waals surface area (Å²) in [5.74, 6) is 1.49. The van der Waals surface area contributed by atoms with Gasteiger partial charge in [-0.3, -0.25) is 9.00 Å². The van der Waals surface area contributed by atoms with E-state index in [0.717, 1.165) is 24.3 Å². The molecule has 1 amide bonds. The van der Waals surface area contributed by atoms with E-state index in [4.69, 9.17) is 4.74 Å². The fourth-order valence-corrected chi connectivity index (χ4v) is 3.15. The molecule has 0 radical (unpaired) electrons. The number of hydrogen-bond acceptors (Lipinski definition) is 4. The maximum Gasteiger partial charge on any atom is 0.234 e. The number of nitrogens with one attached hydrogen (secondary N) is 2. The standard InChI is InChI=1S/C11H22N2O3S/c1-9(8-16-2)13-11(14)7-12-10-3-5-17(15)6-4-10/h9-10,12H,3-8H2,1-2H3,(H,13,14). The minimum Gasteiger partial charge on any atom is -0.383 e. The molecule has 17 heavy (non-hydrogen) atoms. The summed E-state index contributed by atoms with van der Waals surface area (Å²) in [5, 5.41) is 6.04. The molecule has 6 heteroatoms. The molecule has 0 aliphatic carbocycles. The SMILES string of the molecule is COCC(C)NC(=O)CNC1CCS(=O)CC1. The molecule has 1 aliphatic rings. The molecular weight excluding hydrogens is 240 g/mol. The lowest BCUT2D eigenvalue weighted by Gasteiger charge is -2.22. The zero-order valence-electron chi connectivity index (χ0n) is 10.5. The number of rotatable bonds is 6. The molecule has 0 saturated carbocycles. The van der Waals surface area contributed by atoms with Crippen molar-refractivity contribution in [3.8, 4) is 0 Å². The van der Waals surface area contributed by atoms with Crippen molar-refractivity contribution in [3.05, 3.63) is 0 Å². The van der Waals surface area contributed by atoms with Gasteiger partial charge in [-0.05, 0) is 19.8 Å². The van der Waals surface area contributed by atoms with E-state index in [1.54, 1.807) is 7.11 Å². The van der Waals surface area contributed by atoms with Gasteiger partial charge in [0, 0.05) is 41.5 Å². The van der Waals surface area contributed by atoms with Crippen molar-refractivity contribution in [3.63, 3.8) is 0 Å². The Hall–Kier alpha value is -0.460.